The second kappa shape index (κ2) is 3.83. The highest BCUT2D eigenvalue weighted by Crippen LogP contribution is 2.28. The number of halogens is 2. The molecule has 0 unspecified atom stereocenters. The Bertz CT molecular complexity index is 511. The Hall–Kier alpha value is -1.06. The van der Waals surface area contributed by atoms with E-state index in [1.165, 1.54) is 0 Å². The fourth-order valence-electron chi connectivity index (χ4n) is 1.43. The predicted octanol–water partition coefficient (Wildman–Crippen LogP) is 3.00. The third-order valence-electron chi connectivity index (χ3n) is 2.11. The molecule has 0 aliphatic rings. The van der Waals surface area contributed by atoms with E-state index in [2.05, 4.69) is 9.97 Å². The molecule has 78 valence electrons. The molecule has 0 fully saturated rings. The molecule has 1 aromatic carbocycles. The van der Waals surface area contributed by atoms with E-state index >= 15 is 0 Å². The van der Waals surface area contributed by atoms with Crippen molar-refractivity contribution in [3.05, 3.63) is 28.6 Å². The zero-order valence-corrected chi connectivity index (χ0v) is 9.84. The van der Waals surface area contributed by atoms with E-state index in [0.29, 0.717) is 5.15 Å². The summed E-state index contributed by atoms with van der Waals surface area (Å²) in [4.78, 5) is 10.0. The van der Waals surface area contributed by atoms with Crippen LogP contribution in [-0.4, -0.2) is 24.1 Å². The first-order valence-electron chi connectivity index (χ1n) is 4.38. The van der Waals surface area contributed by atoms with E-state index in [1.54, 1.807) is 0 Å². The van der Waals surface area contributed by atoms with Crippen molar-refractivity contribution in [2.24, 2.45) is 0 Å². The largest absolute Gasteiger partial charge is 0.376 e. The van der Waals surface area contributed by atoms with E-state index in [0.717, 1.165) is 16.6 Å². The number of benzene rings is 1. The molecule has 0 spiro atoms. The normalized spacial score (nSPS) is 10.7. The van der Waals surface area contributed by atoms with Crippen molar-refractivity contribution in [3.8, 4) is 0 Å². The Labute approximate surface area is 97.6 Å². The van der Waals surface area contributed by atoms with Crippen LogP contribution in [-0.2, 0) is 0 Å². The van der Waals surface area contributed by atoms with Crippen LogP contribution in [0.15, 0.2) is 18.2 Å². The molecule has 0 saturated heterocycles. The van der Waals surface area contributed by atoms with Crippen LogP contribution >= 0.6 is 23.2 Å². The molecule has 5 heteroatoms. The molecular formula is C10H9Cl2N3. The van der Waals surface area contributed by atoms with Crippen molar-refractivity contribution in [2.45, 2.75) is 0 Å². The van der Waals surface area contributed by atoms with E-state index in [4.69, 9.17) is 23.2 Å². The molecule has 1 aromatic heterocycles. The standard InChI is InChI=1S/C10H9Cl2N3/c1-15(2)7-5-3-4-6-8(7)13-10(12)14-9(6)11/h3-5H,1-2H3. The Morgan fingerprint density at radius 1 is 1.13 bits per heavy atom. The van der Waals surface area contributed by atoms with Gasteiger partial charge in [-0.25, -0.2) is 9.97 Å². The smallest absolute Gasteiger partial charge is 0.224 e. The van der Waals surface area contributed by atoms with Crippen molar-refractivity contribution in [3.63, 3.8) is 0 Å². The van der Waals surface area contributed by atoms with E-state index in [9.17, 15) is 0 Å². The lowest BCUT2D eigenvalue weighted by molar-refractivity contribution is 1.13. The fraction of sp³-hybridized carbons (Fsp3) is 0.200. The minimum absolute atomic E-state index is 0.168. The Kier molecular flexibility index (Phi) is 2.67. The van der Waals surface area contributed by atoms with E-state index in [-0.39, 0.29) is 5.28 Å². The summed E-state index contributed by atoms with van der Waals surface area (Å²) in [7, 11) is 3.89. The SMILES string of the molecule is CN(C)c1cccc2c(Cl)nc(Cl)nc12. The van der Waals surface area contributed by atoms with Crippen LogP contribution in [0.25, 0.3) is 10.9 Å². The number of fused-ring (bicyclic) bond motifs is 1. The number of hydrogen-bond acceptors (Lipinski definition) is 3. The number of rotatable bonds is 1. The Balaban J connectivity index is 2.85. The van der Waals surface area contributed by atoms with Gasteiger partial charge in [0.25, 0.3) is 0 Å². The lowest BCUT2D eigenvalue weighted by atomic mass is 10.2. The quantitative estimate of drug-likeness (QED) is 0.568. The van der Waals surface area contributed by atoms with Gasteiger partial charge in [0.15, 0.2) is 0 Å². The van der Waals surface area contributed by atoms with Crippen molar-refractivity contribution in [2.75, 3.05) is 19.0 Å². The minimum atomic E-state index is 0.168. The second-order valence-corrected chi connectivity index (χ2v) is 4.05. The number of aromatic nitrogens is 2. The summed E-state index contributed by atoms with van der Waals surface area (Å²) >= 11 is 11.8. The zero-order chi connectivity index (χ0) is 11.0. The van der Waals surface area contributed by atoms with Gasteiger partial charge in [-0.3, -0.25) is 0 Å². The fourth-order valence-corrected chi connectivity index (χ4v) is 1.88. The molecule has 0 aliphatic heterocycles. The Morgan fingerprint density at radius 2 is 1.87 bits per heavy atom. The van der Waals surface area contributed by atoms with Crippen LogP contribution in [0, 0.1) is 0 Å². The van der Waals surface area contributed by atoms with Crippen LogP contribution in [0.3, 0.4) is 0 Å². The topological polar surface area (TPSA) is 29.0 Å². The van der Waals surface area contributed by atoms with E-state index < -0.39 is 0 Å². The summed E-state index contributed by atoms with van der Waals surface area (Å²) in [5, 5.41) is 1.36. The average Bonchev–Trinajstić information content (AvgIpc) is 2.16. The van der Waals surface area contributed by atoms with Gasteiger partial charge in [-0.2, -0.15) is 0 Å². The third kappa shape index (κ3) is 1.85. The summed E-state index contributed by atoms with van der Waals surface area (Å²) in [6.07, 6.45) is 0. The lowest BCUT2D eigenvalue weighted by Gasteiger charge is -2.14. The van der Waals surface area contributed by atoms with Gasteiger partial charge in [0, 0.05) is 19.5 Å². The predicted molar refractivity (Wildman–Crippen MR) is 63.9 cm³/mol. The van der Waals surface area contributed by atoms with Crippen LogP contribution < -0.4 is 4.90 Å². The van der Waals surface area contributed by atoms with Gasteiger partial charge in [-0.05, 0) is 23.7 Å². The molecule has 0 atom stereocenters. The first-order valence-corrected chi connectivity index (χ1v) is 5.14. The minimum Gasteiger partial charge on any atom is -0.376 e. The molecule has 1 heterocycles. The maximum atomic E-state index is 5.98. The number of para-hydroxylation sites is 1. The highest BCUT2D eigenvalue weighted by atomic mass is 35.5. The van der Waals surface area contributed by atoms with Gasteiger partial charge < -0.3 is 4.90 Å². The molecule has 0 bridgehead atoms. The van der Waals surface area contributed by atoms with Gasteiger partial charge >= 0.3 is 0 Å². The molecule has 0 radical (unpaired) electrons. The van der Waals surface area contributed by atoms with Crippen molar-refractivity contribution in [1.29, 1.82) is 0 Å². The summed E-state index contributed by atoms with van der Waals surface area (Å²) in [5.41, 5.74) is 1.74. The van der Waals surface area contributed by atoms with Gasteiger partial charge in [-0.1, -0.05) is 17.7 Å². The maximum Gasteiger partial charge on any atom is 0.224 e. The maximum absolute atomic E-state index is 5.98. The van der Waals surface area contributed by atoms with Crippen molar-refractivity contribution >= 4 is 39.8 Å². The summed E-state index contributed by atoms with van der Waals surface area (Å²) in [6.45, 7) is 0. The monoisotopic (exact) mass is 241 g/mol. The molecule has 2 rings (SSSR count). The highest BCUT2D eigenvalue weighted by molar-refractivity contribution is 6.36. The number of anilines is 1. The van der Waals surface area contributed by atoms with Gasteiger partial charge in [0.1, 0.15) is 10.7 Å². The summed E-state index contributed by atoms with van der Waals surface area (Å²) < 4.78 is 0. The van der Waals surface area contributed by atoms with E-state index in [1.807, 2.05) is 37.2 Å². The number of nitrogens with zero attached hydrogens (tertiary/aromatic N) is 3. The second-order valence-electron chi connectivity index (χ2n) is 3.35. The molecular weight excluding hydrogens is 233 g/mol. The van der Waals surface area contributed by atoms with Gasteiger partial charge in [0.2, 0.25) is 5.28 Å². The zero-order valence-electron chi connectivity index (χ0n) is 8.33. The van der Waals surface area contributed by atoms with Crippen LogP contribution in [0.5, 0.6) is 0 Å². The third-order valence-corrected chi connectivity index (χ3v) is 2.57. The molecule has 2 aromatic rings. The summed E-state index contributed by atoms with van der Waals surface area (Å²) in [5.74, 6) is 0. The molecule has 0 amide bonds. The van der Waals surface area contributed by atoms with Gasteiger partial charge in [-0.15, -0.1) is 0 Å². The highest BCUT2D eigenvalue weighted by Gasteiger charge is 2.09. The lowest BCUT2D eigenvalue weighted by Crippen LogP contribution is -2.09. The average molecular weight is 242 g/mol. The van der Waals surface area contributed by atoms with Crippen LogP contribution in [0.1, 0.15) is 0 Å². The Morgan fingerprint density at radius 3 is 2.53 bits per heavy atom. The molecule has 3 nitrogen and oxygen atoms in total. The van der Waals surface area contributed by atoms with Crippen molar-refractivity contribution < 1.29 is 0 Å². The first-order chi connectivity index (χ1) is 7.09. The molecule has 0 N–H and O–H groups in total. The van der Waals surface area contributed by atoms with Crippen LogP contribution in [0.2, 0.25) is 10.4 Å². The first kappa shape index (κ1) is 10.5. The van der Waals surface area contributed by atoms with Crippen molar-refractivity contribution in [1.82, 2.24) is 9.97 Å². The van der Waals surface area contributed by atoms with Gasteiger partial charge in [0.05, 0.1) is 5.69 Å². The van der Waals surface area contributed by atoms with Crippen LogP contribution in [0.4, 0.5) is 5.69 Å². The molecule has 0 aliphatic carbocycles. The molecule has 0 saturated carbocycles. The molecule has 15 heavy (non-hydrogen) atoms. The summed E-state index contributed by atoms with van der Waals surface area (Å²) in [6, 6.07) is 5.75. The number of hydrogen-bond donors (Lipinski definition) is 0.